The van der Waals surface area contributed by atoms with E-state index in [2.05, 4.69) is 257 Å². The first-order valence-electron chi connectivity index (χ1n) is 33.1. The molecule has 0 N–H and O–H groups in total. The average Bonchev–Trinajstić information content (AvgIpc) is 0.783. The Hall–Kier alpha value is -9.97. The van der Waals surface area contributed by atoms with Crippen LogP contribution in [0.3, 0.4) is 0 Å². The zero-order chi connectivity index (χ0) is 69.2. The number of rotatable bonds is 0. The molecule has 0 radical (unpaired) electrons. The third-order valence-electron chi connectivity index (χ3n) is 14.3. The smallest absolute Gasteiger partial charge is 0.125 e. The van der Waals surface area contributed by atoms with Gasteiger partial charge in [-0.15, -0.1) is 0 Å². The van der Waals surface area contributed by atoms with E-state index < -0.39 is 0 Å². The molecule has 14 aromatic rings. The minimum atomic E-state index is 0.829. The standard InChI is InChI=1S/C16H14.2C12H12.C11H11N.2C7H8.2C6H8N2.C6H6.3C2H6/c1-11-13-7-3-5-9-15(13)12(2)16-10-6-4-8-14(11)16;1-9-3-5-12-8-10(2)4-6-11(12)7-9;1-9-7-8-10(2)12-6-4-3-5-11(9)12;1-8-3-6-11-10(7-8)5-4-9(2)12-11;2*1-7-5-3-2-4-6-7;1-5-3-8-6(2)4-7-5;1-5-3-7-6(2)8-4-5;1-2-4-6-5-3-1;3*1-2/h3-10H,1-2H3;2*3-8H,1-2H3;3-7H,1-2H3;2*2-6H,1H3;2*3-4H,1-2H3;1-6H;3*1-2H3. The van der Waals surface area contributed by atoms with Crippen LogP contribution in [0.15, 0.2) is 274 Å². The molecule has 0 saturated heterocycles. The van der Waals surface area contributed by atoms with Crippen LogP contribution in [0.25, 0.3) is 54.0 Å². The Balaban J connectivity index is 0.000000277. The van der Waals surface area contributed by atoms with Crippen molar-refractivity contribution in [2.75, 3.05) is 0 Å². The molecule has 0 atom stereocenters. The van der Waals surface area contributed by atoms with Gasteiger partial charge in [0.25, 0.3) is 0 Å². The number of hydrogen-bond donors (Lipinski definition) is 0. The number of pyridine rings is 1. The third-order valence-corrected chi connectivity index (χ3v) is 14.3. The highest BCUT2D eigenvalue weighted by molar-refractivity contribution is 6.05. The van der Waals surface area contributed by atoms with Gasteiger partial charge in [0.2, 0.25) is 0 Å². The Labute approximate surface area is 566 Å². The summed E-state index contributed by atoms with van der Waals surface area (Å²) in [6.07, 6.45) is 7.13. The number of hydrogen-bond acceptors (Lipinski definition) is 5. The highest BCUT2D eigenvalue weighted by atomic mass is 14.8. The van der Waals surface area contributed by atoms with Gasteiger partial charge in [0.05, 0.1) is 16.9 Å². The van der Waals surface area contributed by atoms with Crippen LogP contribution in [0.4, 0.5) is 0 Å². The van der Waals surface area contributed by atoms with Gasteiger partial charge in [-0.3, -0.25) is 15.0 Å². The highest BCUT2D eigenvalue weighted by Crippen LogP contribution is 2.31. The Bertz CT molecular complexity index is 3860. The predicted molar refractivity (Wildman–Crippen MR) is 415 cm³/mol. The maximum absolute atomic E-state index is 4.42. The van der Waals surface area contributed by atoms with E-state index >= 15 is 0 Å². The van der Waals surface area contributed by atoms with Crippen molar-refractivity contribution >= 4 is 54.0 Å². The Morgan fingerprint density at radius 2 is 0.511 bits per heavy atom. The quantitative estimate of drug-likeness (QED) is 0.142. The first-order chi connectivity index (χ1) is 45.4. The van der Waals surface area contributed by atoms with Crippen LogP contribution in [0.1, 0.15) is 120 Å². The molecule has 0 aliphatic rings. The molecular weight excluding hydrogens is 1140 g/mol. The fraction of sp³-hybridized carbons (Fsp3) is 0.225. The molecule has 3 aromatic heterocycles. The van der Waals surface area contributed by atoms with Crippen molar-refractivity contribution in [2.45, 2.75) is 138 Å². The summed E-state index contributed by atoms with van der Waals surface area (Å²) >= 11 is 0. The van der Waals surface area contributed by atoms with E-state index in [4.69, 9.17) is 0 Å². The first kappa shape index (κ1) is 78.3. The van der Waals surface area contributed by atoms with E-state index in [1.807, 2.05) is 167 Å². The predicted octanol–water partition coefficient (Wildman–Crippen LogP) is 25.3. The van der Waals surface area contributed by atoms with E-state index in [1.54, 1.807) is 12.4 Å². The normalized spacial score (nSPS) is 9.49. The molecule has 0 aliphatic carbocycles. The summed E-state index contributed by atoms with van der Waals surface area (Å²) in [5.41, 5.74) is 17.3. The fourth-order valence-corrected chi connectivity index (χ4v) is 9.36. The molecule has 0 bridgehead atoms. The lowest BCUT2D eigenvalue weighted by atomic mass is 9.93. The second-order valence-electron chi connectivity index (χ2n) is 22.2. The molecule has 11 aromatic carbocycles. The molecule has 0 aliphatic heterocycles. The Kier molecular flexibility index (Phi) is 37.1. The lowest BCUT2D eigenvalue weighted by Crippen LogP contribution is -1.87. The Morgan fingerprint density at radius 3 is 0.830 bits per heavy atom. The first-order valence-corrected chi connectivity index (χ1v) is 33.1. The van der Waals surface area contributed by atoms with Crippen LogP contribution in [-0.2, 0) is 0 Å². The molecule has 0 amide bonds. The molecule has 3 heterocycles. The monoisotopic (exact) mass is 1240 g/mol. The summed E-state index contributed by atoms with van der Waals surface area (Å²) < 4.78 is 0. The number of nitrogens with zero attached hydrogens (tertiary/aromatic N) is 5. The van der Waals surface area contributed by atoms with Crippen molar-refractivity contribution in [1.29, 1.82) is 0 Å². The van der Waals surface area contributed by atoms with Gasteiger partial charge in [0.15, 0.2) is 0 Å². The summed E-state index contributed by atoms with van der Waals surface area (Å²) in [5, 5.41) is 12.1. The Morgan fingerprint density at radius 1 is 0.213 bits per heavy atom. The van der Waals surface area contributed by atoms with E-state index in [-0.39, 0.29) is 0 Å². The summed E-state index contributed by atoms with van der Waals surface area (Å²) in [5.74, 6) is 0.829. The van der Waals surface area contributed by atoms with Crippen molar-refractivity contribution in [3.63, 3.8) is 0 Å². The molecule has 5 nitrogen and oxygen atoms in total. The van der Waals surface area contributed by atoms with Crippen LogP contribution in [0.2, 0.25) is 0 Å². The van der Waals surface area contributed by atoms with Gasteiger partial charge in [-0.1, -0.05) is 300 Å². The van der Waals surface area contributed by atoms with Crippen molar-refractivity contribution in [1.82, 2.24) is 24.9 Å². The van der Waals surface area contributed by atoms with Crippen LogP contribution in [0, 0.1) is 96.9 Å². The number of aromatic nitrogens is 5. The van der Waals surface area contributed by atoms with Crippen molar-refractivity contribution < 1.29 is 0 Å². The number of benzene rings is 11. The van der Waals surface area contributed by atoms with Gasteiger partial charge in [-0.05, 0) is 186 Å². The van der Waals surface area contributed by atoms with Gasteiger partial charge < -0.3 is 0 Å². The maximum Gasteiger partial charge on any atom is 0.125 e. The zero-order valence-corrected chi connectivity index (χ0v) is 60.2. The molecule has 5 heteroatoms. The van der Waals surface area contributed by atoms with Crippen LogP contribution in [0.5, 0.6) is 0 Å². The van der Waals surface area contributed by atoms with Crippen LogP contribution in [-0.4, -0.2) is 24.9 Å². The fourth-order valence-electron chi connectivity index (χ4n) is 9.36. The molecule has 0 spiro atoms. The summed E-state index contributed by atoms with van der Waals surface area (Å²) in [6, 6.07) is 86.3. The van der Waals surface area contributed by atoms with Gasteiger partial charge in [-0.25, -0.2) is 9.97 Å². The van der Waals surface area contributed by atoms with E-state index in [0.29, 0.717) is 0 Å². The van der Waals surface area contributed by atoms with Crippen molar-refractivity contribution in [2.24, 2.45) is 0 Å². The summed E-state index contributed by atoms with van der Waals surface area (Å²) in [7, 11) is 0. The minimum absolute atomic E-state index is 0.829. The average molecular weight is 1240 g/mol. The topological polar surface area (TPSA) is 64.5 Å². The lowest BCUT2D eigenvalue weighted by Gasteiger charge is -2.11. The van der Waals surface area contributed by atoms with Crippen LogP contribution >= 0.6 is 0 Å². The van der Waals surface area contributed by atoms with Gasteiger partial charge >= 0.3 is 0 Å². The van der Waals surface area contributed by atoms with Crippen molar-refractivity contribution in [3.8, 4) is 0 Å². The minimum Gasteiger partial charge on any atom is -0.258 e. The molecule has 0 unspecified atom stereocenters. The molecule has 0 fully saturated rings. The van der Waals surface area contributed by atoms with Gasteiger partial charge in [0, 0.05) is 35.9 Å². The molecule has 486 valence electrons. The largest absolute Gasteiger partial charge is 0.258 e. The van der Waals surface area contributed by atoms with E-state index in [0.717, 1.165) is 34.0 Å². The summed E-state index contributed by atoms with van der Waals surface area (Å²) in [4.78, 5) is 20.4. The number of fused-ring (bicyclic) bond motifs is 5. The molecule has 0 saturated carbocycles. The molecular formula is C89H105N5. The van der Waals surface area contributed by atoms with E-state index in [1.165, 1.54) is 98.5 Å². The maximum atomic E-state index is 4.42. The lowest BCUT2D eigenvalue weighted by molar-refractivity contribution is 1.03. The number of aryl methyl sites for hydroxylation is 14. The second kappa shape index (κ2) is 44.5. The van der Waals surface area contributed by atoms with Crippen LogP contribution < -0.4 is 0 Å². The van der Waals surface area contributed by atoms with Gasteiger partial charge in [0.1, 0.15) is 5.82 Å². The van der Waals surface area contributed by atoms with Crippen molar-refractivity contribution in [3.05, 3.63) is 352 Å². The zero-order valence-electron chi connectivity index (χ0n) is 60.2. The molecule has 94 heavy (non-hydrogen) atoms. The highest BCUT2D eigenvalue weighted by Gasteiger charge is 2.07. The SMILES string of the molecule is CC.CC.CC.Cc1c2ccccc2c(C)c2ccccc12.Cc1ccc(C)c2ccccc12.Cc1ccc2cc(C)ccc2c1.Cc1ccc2nc(C)ccc2c1.Cc1ccccc1.Cc1ccccc1.Cc1cnc(C)cn1.Cc1cnc(C)nc1.c1ccccc1. The van der Waals surface area contributed by atoms with Gasteiger partial charge in [-0.2, -0.15) is 0 Å². The molecule has 14 rings (SSSR count). The summed E-state index contributed by atoms with van der Waals surface area (Å²) in [6.45, 7) is 41.0. The second-order valence-corrected chi connectivity index (χ2v) is 22.2. The van der Waals surface area contributed by atoms with E-state index in [9.17, 15) is 0 Å². The third kappa shape index (κ3) is 28.3.